The third-order valence-corrected chi connectivity index (χ3v) is 7.01. The Balaban J connectivity index is 1.55. The van der Waals surface area contributed by atoms with Crippen LogP contribution in [0.5, 0.6) is 5.75 Å². The number of aromatic nitrogens is 2. The summed E-state index contributed by atoms with van der Waals surface area (Å²) in [5.41, 5.74) is 2.24. The van der Waals surface area contributed by atoms with Gasteiger partial charge in [0.1, 0.15) is 5.75 Å². The number of hydrogen-bond acceptors (Lipinski definition) is 8. The van der Waals surface area contributed by atoms with Crippen molar-refractivity contribution in [3.05, 3.63) is 71.8 Å². The number of hydrogen-bond donors (Lipinski definition) is 2. The molecule has 1 unspecified atom stereocenters. The summed E-state index contributed by atoms with van der Waals surface area (Å²) in [7, 11) is 1.53. The second-order valence-corrected chi connectivity index (χ2v) is 9.80. The molecule has 0 bridgehead atoms. The van der Waals surface area contributed by atoms with E-state index in [0.717, 1.165) is 23.8 Å². The molecule has 1 atom stereocenters. The molecule has 1 fully saturated rings. The predicted molar refractivity (Wildman–Crippen MR) is 148 cm³/mol. The predicted octanol–water partition coefficient (Wildman–Crippen LogP) is 4.61. The van der Waals surface area contributed by atoms with Crippen LogP contribution in [-0.4, -0.2) is 56.3 Å². The molecule has 196 valence electrons. The summed E-state index contributed by atoms with van der Waals surface area (Å²) in [5.74, 6) is 0.575. The number of methoxy groups -OCH3 is 1. The number of carbonyl (C=O) groups excluding carboxylic acids is 1. The van der Waals surface area contributed by atoms with Crippen molar-refractivity contribution in [2.75, 3.05) is 41.7 Å². The Bertz CT molecular complexity index is 1520. The van der Waals surface area contributed by atoms with Gasteiger partial charge in [0.05, 0.1) is 52.4 Å². The van der Waals surface area contributed by atoms with Gasteiger partial charge in [-0.15, -0.1) is 0 Å². The fourth-order valence-electron chi connectivity index (χ4n) is 4.00. The van der Waals surface area contributed by atoms with Crippen molar-refractivity contribution in [2.24, 2.45) is 0 Å². The largest absolute Gasteiger partial charge is 0.755 e. The minimum Gasteiger partial charge on any atom is -0.755 e. The van der Waals surface area contributed by atoms with Crippen molar-refractivity contribution < 1.29 is 18.3 Å². The Morgan fingerprint density at radius 3 is 2.55 bits per heavy atom. The van der Waals surface area contributed by atoms with Gasteiger partial charge in [-0.25, -0.2) is 9.97 Å². The lowest BCUT2D eigenvalue weighted by atomic mass is 10.2. The molecular weight excluding hydrogens is 528 g/mol. The molecule has 1 aliphatic rings. The van der Waals surface area contributed by atoms with Crippen LogP contribution in [0.3, 0.4) is 0 Å². The van der Waals surface area contributed by atoms with Crippen molar-refractivity contribution in [1.82, 2.24) is 14.9 Å². The van der Waals surface area contributed by atoms with Gasteiger partial charge in [0.25, 0.3) is 0 Å². The average molecular weight is 552 g/mol. The zero-order valence-electron chi connectivity index (χ0n) is 20.4. The molecule has 1 saturated heterocycles. The summed E-state index contributed by atoms with van der Waals surface area (Å²) in [6, 6.07) is 18.7. The first-order valence-electron chi connectivity index (χ1n) is 11.8. The molecule has 1 aliphatic heterocycles. The maximum absolute atomic E-state index is 12.6. The number of nitrogens with one attached hydrogen (secondary N) is 2. The molecule has 1 amide bonds. The smallest absolute Gasteiger partial charge is 0.238 e. The highest BCUT2D eigenvalue weighted by Gasteiger charge is 2.22. The summed E-state index contributed by atoms with van der Waals surface area (Å²) in [5, 5.41) is 6.34. The normalized spacial score (nSPS) is 14.0. The lowest BCUT2D eigenvalue weighted by Gasteiger charge is -2.30. The van der Waals surface area contributed by atoms with Gasteiger partial charge in [0.2, 0.25) is 5.91 Å². The van der Waals surface area contributed by atoms with E-state index in [4.69, 9.17) is 16.3 Å². The Morgan fingerprint density at radius 1 is 1.11 bits per heavy atom. The number of fused-ring (bicyclic) bond motifs is 1. The van der Waals surface area contributed by atoms with Crippen LogP contribution in [0.1, 0.15) is 6.42 Å². The third-order valence-electron chi connectivity index (χ3n) is 6.00. The maximum atomic E-state index is 12.6. The molecule has 4 aromatic rings. The van der Waals surface area contributed by atoms with Gasteiger partial charge in [-0.3, -0.25) is 18.2 Å². The number of halogens is 1. The van der Waals surface area contributed by atoms with Crippen LogP contribution in [0, 0.1) is 0 Å². The monoisotopic (exact) mass is 551 g/mol. The minimum absolute atomic E-state index is 0.0278. The van der Waals surface area contributed by atoms with Crippen molar-refractivity contribution in [3.63, 3.8) is 0 Å². The molecule has 12 heteroatoms. The number of ether oxygens (including phenoxy) is 1. The number of para-hydroxylation sites is 2. The van der Waals surface area contributed by atoms with Crippen LogP contribution in [0.4, 0.5) is 28.7 Å². The number of rotatable bonds is 9. The summed E-state index contributed by atoms with van der Waals surface area (Å²) >= 11 is 3.62. The summed E-state index contributed by atoms with van der Waals surface area (Å²) in [4.78, 5) is 23.8. The molecule has 3 aromatic carbocycles. The number of nitrogens with zero attached hydrogens (tertiary/aromatic N) is 4. The number of likely N-dealkylation sites (tertiary alicyclic amines) is 1. The van der Waals surface area contributed by atoms with E-state index in [9.17, 15) is 13.6 Å². The second kappa shape index (κ2) is 11.3. The highest BCUT2D eigenvalue weighted by molar-refractivity contribution is 7.81. The van der Waals surface area contributed by atoms with Gasteiger partial charge in [0.15, 0.2) is 11.6 Å². The summed E-state index contributed by atoms with van der Waals surface area (Å²) in [6.45, 7) is 2.07. The lowest BCUT2D eigenvalue weighted by molar-refractivity contribution is -0.118. The molecule has 0 saturated carbocycles. The number of amides is 1. The maximum Gasteiger partial charge on any atom is 0.238 e. The Labute approximate surface area is 227 Å². The summed E-state index contributed by atoms with van der Waals surface area (Å²) in [6.07, 6.45) is 1.08. The van der Waals surface area contributed by atoms with Crippen LogP contribution in [0.25, 0.3) is 11.0 Å². The zero-order chi connectivity index (χ0) is 26.6. The highest BCUT2D eigenvalue weighted by Crippen LogP contribution is 2.37. The first-order valence-corrected chi connectivity index (χ1v) is 13.2. The van der Waals surface area contributed by atoms with Crippen molar-refractivity contribution >= 4 is 68.5 Å². The van der Waals surface area contributed by atoms with Crippen molar-refractivity contribution in [3.8, 4) is 5.75 Å². The first kappa shape index (κ1) is 25.9. The van der Waals surface area contributed by atoms with Gasteiger partial charge in [-0.1, -0.05) is 29.8 Å². The molecule has 5 rings (SSSR count). The molecule has 10 nitrogen and oxygen atoms in total. The van der Waals surface area contributed by atoms with Gasteiger partial charge in [-0.2, -0.15) is 0 Å². The van der Waals surface area contributed by atoms with Gasteiger partial charge in [0, 0.05) is 11.8 Å². The SMILES string of the molecule is COc1ccc(Cl)c(Nc2nc3ccccc3nc2N(c2cccc(NC(=O)CN3CCC3)c2)S(=O)[O-])c1. The number of carbonyl (C=O) groups is 1. The van der Waals surface area contributed by atoms with Crippen LogP contribution in [-0.2, 0) is 16.1 Å². The molecule has 1 aromatic heterocycles. The number of anilines is 5. The van der Waals surface area contributed by atoms with E-state index in [2.05, 4.69) is 20.6 Å². The van der Waals surface area contributed by atoms with Gasteiger partial charge in [-0.05, 0) is 62.0 Å². The van der Waals surface area contributed by atoms with E-state index >= 15 is 0 Å². The highest BCUT2D eigenvalue weighted by atomic mass is 35.5. The molecule has 0 aliphatic carbocycles. The average Bonchev–Trinajstić information content (AvgIpc) is 2.88. The third kappa shape index (κ3) is 5.70. The van der Waals surface area contributed by atoms with Crippen molar-refractivity contribution in [1.29, 1.82) is 0 Å². The van der Waals surface area contributed by atoms with Crippen LogP contribution in [0.15, 0.2) is 66.7 Å². The lowest BCUT2D eigenvalue weighted by Crippen LogP contribution is -2.42. The molecule has 0 radical (unpaired) electrons. The van der Waals surface area contributed by atoms with Gasteiger partial charge < -0.3 is 19.9 Å². The Morgan fingerprint density at radius 2 is 1.87 bits per heavy atom. The van der Waals surface area contributed by atoms with E-state index in [-0.39, 0.29) is 29.8 Å². The second-order valence-electron chi connectivity index (χ2n) is 8.60. The topological polar surface area (TPSA) is 123 Å². The van der Waals surface area contributed by atoms with Crippen LogP contribution in [0.2, 0.25) is 5.02 Å². The zero-order valence-corrected chi connectivity index (χ0v) is 22.0. The van der Waals surface area contributed by atoms with E-state index in [0.29, 0.717) is 33.2 Å². The van der Waals surface area contributed by atoms with E-state index in [1.165, 1.54) is 7.11 Å². The summed E-state index contributed by atoms with van der Waals surface area (Å²) < 4.78 is 31.6. The van der Waals surface area contributed by atoms with E-state index < -0.39 is 11.3 Å². The molecule has 0 spiro atoms. The van der Waals surface area contributed by atoms with Crippen molar-refractivity contribution in [2.45, 2.75) is 6.42 Å². The molecule has 38 heavy (non-hydrogen) atoms. The van der Waals surface area contributed by atoms with E-state index in [1.54, 1.807) is 60.7 Å². The van der Waals surface area contributed by atoms with Gasteiger partial charge >= 0.3 is 0 Å². The quantitative estimate of drug-likeness (QED) is 0.289. The first-order chi connectivity index (χ1) is 18.4. The molecular formula is C26H24ClN6O4S-. The van der Waals surface area contributed by atoms with Crippen LogP contribution < -0.4 is 19.7 Å². The number of benzene rings is 3. The minimum atomic E-state index is -2.79. The van der Waals surface area contributed by atoms with Crippen LogP contribution >= 0.6 is 11.6 Å². The Hall–Kier alpha value is -3.77. The standard InChI is InChI=1S/C26H25ClN6O4S/c1-37-19-10-11-20(27)23(15-19)30-25-26(31-22-9-3-2-8-21(22)29-25)33(38(35)36)18-7-4-6-17(14-18)28-24(34)16-32-12-5-13-32/h2-4,6-11,14-15H,5,12-13,16H2,1H3,(H,28,34)(H,29,30)(H,35,36)/p-1. The molecule has 2 heterocycles. The molecule has 2 N–H and O–H groups in total. The fourth-order valence-corrected chi connectivity index (χ4v) is 4.72. The van der Waals surface area contributed by atoms with E-state index in [1.807, 2.05) is 11.0 Å². The Kier molecular flexibility index (Phi) is 7.70. The fraction of sp³-hybridized carbons (Fsp3) is 0.192.